The average Bonchev–Trinajstić information content (AvgIpc) is 3.17. The van der Waals surface area contributed by atoms with Crippen LogP contribution in [-0.2, 0) is 0 Å². The molecule has 2 heterocycles. The van der Waals surface area contributed by atoms with Gasteiger partial charge in [0, 0.05) is 23.8 Å². The van der Waals surface area contributed by atoms with Crippen LogP contribution in [-0.4, -0.2) is 29.7 Å². The number of imidazole rings is 1. The first kappa shape index (κ1) is 15.8. The van der Waals surface area contributed by atoms with E-state index in [1.165, 1.54) is 41.7 Å². The second-order valence-corrected chi connectivity index (χ2v) is 6.35. The molecule has 0 spiro atoms. The van der Waals surface area contributed by atoms with Crippen LogP contribution in [0, 0.1) is 10.1 Å². The lowest BCUT2D eigenvalue weighted by atomic mass is 10.1. The topological polar surface area (TPSA) is 126 Å². The van der Waals surface area contributed by atoms with Crippen LogP contribution in [0.3, 0.4) is 0 Å². The summed E-state index contributed by atoms with van der Waals surface area (Å²) in [5.74, 6) is 0.00861. The van der Waals surface area contributed by atoms with Gasteiger partial charge in [0.05, 0.1) is 22.5 Å². The molecule has 130 valence electrons. The second-order valence-electron chi connectivity index (χ2n) is 5.39. The number of nitro groups is 1. The first-order chi connectivity index (χ1) is 12.5. The molecule has 0 aliphatic rings. The third-order valence-electron chi connectivity index (χ3n) is 3.64. The lowest BCUT2D eigenvalue weighted by Gasteiger charge is -2.04. The number of non-ortho nitro benzene ring substituents is 1. The highest BCUT2D eigenvalue weighted by molar-refractivity contribution is 7.20. The molecule has 0 saturated carbocycles. The summed E-state index contributed by atoms with van der Waals surface area (Å²) in [6.07, 6.45) is 1.71. The van der Waals surface area contributed by atoms with E-state index < -0.39 is 4.92 Å². The number of fused-ring (bicyclic) bond motifs is 1. The number of hydrogen-bond acceptors (Lipinski definition) is 8. The Morgan fingerprint density at radius 1 is 1.15 bits per heavy atom. The number of aromatic hydroxyl groups is 2. The highest BCUT2D eigenvalue weighted by Gasteiger charge is 2.12. The molecule has 2 aromatic carbocycles. The Labute approximate surface area is 150 Å². The van der Waals surface area contributed by atoms with Gasteiger partial charge in [-0.2, -0.15) is 0 Å². The van der Waals surface area contributed by atoms with E-state index in [2.05, 4.69) is 15.4 Å². The molecule has 0 saturated heterocycles. The zero-order valence-corrected chi connectivity index (χ0v) is 13.8. The van der Waals surface area contributed by atoms with Gasteiger partial charge in [0.25, 0.3) is 5.69 Å². The number of nitrogens with one attached hydrogen (secondary N) is 1. The van der Waals surface area contributed by atoms with E-state index in [0.29, 0.717) is 21.5 Å². The lowest BCUT2D eigenvalue weighted by Crippen LogP contribution is -1.91. The van der Waals surface area contributed by atoms with Crippen molar-refractivity contribution in [1.29, 1.82) is 0 Å². The number of phenols is 2. The Morgan fingerprint density at radius 2 is 1.92 bits per heavy atom. The van der Waals surface area contributed by atoms with Crippen molar-refractivity contribution in [2.75, 3.05) is 5.32 Å². The van der Waals surface area contributed by atoms with Gasteiger partial charge in [-0.1, -0.05) is 11.3 Å². The fourth-order valence-corrected chi connectivity index (χ4v) is 3.18. The van der Waals surface area contributed by atoms with E-state index in [1.807, 2.05) is 0 Å². The predicted molar refractivity (Wildman–Crippen MR) is 96.0 cm³/mol. The Morgan fingerprint density at radius 3 is 2.62 bits per heavy atom. The molecule has 0 amide bonds. The first-order valence-electron chi connectivity index (χ1n) is 7.39. The molecule has 9 nitrogen and oxygen atoms in total. The van der Waals surface area contributed by atoms with E-state index in [0.717, 1.165) is 5.56 Å². The average molecular weight is 369 g/mol. The number of nitro benzene ring substituents is 1. The van der Waals surface area contributed by atoms with Crippen molar-refractivity contribution in [3.05, 3.63) is 58.8 Å². The maximum atomic E-state index is 10.7. The molecule has 3 N–H and O–H groups in total. The third-order valence-corrected chi connectivity index (χ3v) is 4.48. The minimum Gasteiger partial charge on any atom is -0.508 e. The Hall–Kier alpha value is -3.66. The lowest BCUT2D eigenvalue weighted by molar-refractivity contribution is -0.384. The van der Waals surface area contributed by atoms with Gasteiger partial charge >= 0.3 is 0 Å². The van der Waals surface area contributed by atoms with Crippen LogP contribution >= 0.6 is 11.3 Å². The van der Waals surface area contributed by atoms with Gasteiger partial charge in [-0.15, -0.1) is 5.10 Å². The number of aromatic nitrogens is 3. The zero-order valence-electron chi connectivity index (χ0n) is 13.0. The maximum absolute atomic E-state index is 10.7. The van der Waals surface area contributed by atoms with Gasteiger partial charge in [-0.05, 0) is 24.3 Å². The standard InChI is InChI=1S/C16H11N5O4S/c22-11-5-6-14(23)12(7-11)17-15-19-20-8-13(18-16(20)26-15)9-1-3-10(4-2-9)21(24)25/h1-8,22-23H,(H,17,19). The summed E-state index contributed by atoms with van der Waals surface area (Å²) in [4.78, 5) is 15.3. The van der Waals surface area contributed by atoms with E-state index >= 15 is 0 Å². The summed E-state index contributed by atoms with van der Waals surface area (Å²) in [6.45, 7) is 0. The number of anilines is 2. The minimum absolute atomic E-state index is 0.0118. The molecule has 0 bridgehead atoms. The first-order valence-corrected chi connectivity index (χ1v) is 8.21. The van der Waals surface area contributed by atoms with Gasteiger partial charge in [-0.25, -0.2) is 9.50 Å². The highest BCUT2D eigenvalue weighted by atomic mass is 32.1. The maximum Gasteiger partial charge on any atom is 0.269 e. The molecular weight excluding hydrogens is 358 g/mol. The molecule has 0 fully saturated rings. The smallest absolute Gasteiger partial charge is 0.269 e. The zero-order chi connectivity index (χ0) is 18.3. The van der Waals surface area contributed by atoms with Crippen LogP contribution in [0.2, 0.25) is 0 Å². The number of benzene rings is 2. The fourth-order valence-electron chi connectivity index (χ4n) is 2.38. The van der Waals surface area contributed by atoms with Crippen molar-refractivity contribution < 1.29 is 15.1 Å². The minimum atomic E-state index is -0.453. The molecule has 0 aliphatic carbocycles. The van der Waals surface area contributed by atoms with Crippen molar-refractivity contribution in [2.45, 2.75) is 0 Å². The molecule has 0 atom stereocenters. The normalized spacial score (nSPS) is 10.9. The Bertz CT molecular complexity index is 1090. The van der Waals surface area contributed by atoms with Crippen LogP contribution in [0.15, 0.2) is 48.7 Å². The van der Waals surface area contributed by atoms with E-state index in [9.17, 15) is 20.3 Å². The number of phenolic OH excluding ortho intramolecular Hbond substituents is 2. The molecule has 0 unspecified atom stereocenters. The monoisotopic (exact) mass is 369 g/mol. The largest absolute Gasteiger partial charge is 0.508 e. The van der Waals surface area contributed by atoms with Crippen LogP contribution in [0.4, 0.5) is 16.5 Å². The molecule has 0 radical (unpaired) electrons. The molecule has 10 heteroatoms. The van der Waals surface area contributed by atoms with Crippen LogP contribution in [0.5, 0.6) is 11.5 Å². The quantitative estimate of drug-likeness (QED) is 0.217. The van der Waals surface area contributed by atoms with Gasteiger partial charge in [0.1, 0.15) is 11.5 Å². The molecule has 0 aliphatic heterocycles. The molecular formula is C16H11N5O4S. The van der Waals surface area contributed by atoms with E-state index in [1.54, 1.807) is 22.8 Å². The van der Waals surface area contributed by atoms with Crippen molar-refractivity contribution in [1.82, 2.24) is 14.6 Å². The van der Waals surface area contributed by atoms with Gasteiger partial charge in [-0.3, -0.25) is 10.1 Å². The highest BCUT2D eigenvalue weighted by Crippen LogP contribution is 2.32. The number of rotatable bonds is 4. The third kappa shape index (κ3) is 2.89. The van der Waals surface area contributed by atoms with Crippen LogP contribution < -0.4 is 5.32 Å². The summed E-state index contributed by atoms with van der Waals surface area (Å²) in [5, 5.41) is 37.8. The van der Waals surface area contributed by atoms with Gasteiger partial charge in [0.2, 0.25) is 10.1 Å². The summed E-state index contributed by atoms with van der Waals surface area (Å²) in [6, 6.07) is 10.3. The summed E-state index contributed by atoms with van der Waals surface area (Å²) in [5.41, 5.74) is 1.74. The Balaban J connectivity index is 1.61. The van der Waals surface area contributed by atoms with Crippen LogP contribution in [0.1, 0.15) is 0 Å². The van der Waals surface area contributed by atoms with Crippen LogP contribution in [0.25, 0.3) is 16.2 Å². The van der Waals surface area contributed by atoms with Crippen molar-refractivity contribution in [3.8, 4) is 22.8 Å². The van der Waals surface area contributed by atoms with Crippen molar-refractivity contribution in [3.63, 3.8) is 0 Å². The number of nitrogens with zero attached hydrogens (tertiary/aromatic N) is 4. The molecule has 26 heavy (non-hydrogen) atoms. The van der Waals surface area contributed by atoms with Crippen molar-refractivity contribution >= 4 is 32.8 Å². The summed E-state index contributed by atoms with van der Waals surface area (Å²) >= 11 is 1.26. The van der Waals surface area contributed by atoms with E-state index in [4.69, 9.17) is 0 Å². The fraction of sp³-hybridized carbons (Fsp3) is 0. The summed E-state index contributed by atoms with van der Waals surface area (Å²) < 4.78 is 1.57. The van der Waals surface area contributed by atoms with Gasteiger partial charge < -0.3 is 15.5 Å². The molecule has 2 aromatic heterocycles. The van der Waals surface area contributed by atoms with E-state index in [-0.39, 0.29) is 17.2 Å². The van der Waals surface area contributed by atoms with Crippen molar-refractivity contribution in [2.24, 2.45) is 0 Å². The Kier molecular flexibility index (Phi) is 3.66. The predicted octanol–water partition coefficient (Wildman–Crippen LogP) is 3.52. The number of hydrogen-bond donors (Lipinski definition) is 3. The SMILES string of the molecule is O=[N+]([O-])c1ccc(-c2cn3nc(Nc4cc(O)ccc4O)sc3n2)cc1. The second kappa shape index (κ2) is 6.01. The molecule has 4 aromatic rings. The molecule has 4 rings (SSSR count). The van der Waals surface area contributed by atoms with Gasteiger partial charge in [0.15, 0.2) is 0 Å². The summed E-state index contributed by atoms with van der Waals surface area (Å²) in [7, 11) is 0.